The van der Waals surface area contributed by atoms with Gasteiger partial charge in [0.05, 0.1) is 0 Å². The molecule has 9 heavy (non-hydrogen) atoms. The summed E-state index contributed by atoms with van der Waals surface area (Å²) in [5, 5.41) is 0. The molecule has 0 aromatic carbocycles. The van der Waals surface area contributed by atoms with E-state index in [0.717, 1.165) is 0 Å². The van der Waals surface area contributed by atoms with Gasteiger partial charge in [-0.2, -0.15) is 0 Å². The minimum absolute atomic E-state index is 0.0738. The molecule has 0 aliphatic rings. The molecule has 1 atom stereocenters. The van der Waals surface area contributed by atoms with Gasteiger partial charge >= 0.3 is 0 Å². The molecule has 0 aliphatic carbocycles. The molecule has 0 saturated heterocycles. The summed E-state index contributed by atoms with van der Waals surface area (Å²) in [7, 11) is 2.08. The van der Waals surface area contributed by atoms with Gasteiger partial charge in [0, 0.05) is 6.04 Å². The van der Waals surface area contributed by atoms with E-state index < -0.39 is 0 Å². The average molecular weight is 170 g/mol. The van der Waals surface area contributed by atoms with Crippen molar-refractivity contribution in [1.29, 1.82) is 0 Å². The Morgan fingerprint density at radius 2 is 2.22 bits per heavy atom. The van der Waals surface area contributed by atoms with Gasteiger partial charge < -0.3 is 4.52 Å². The second kappa shape index (κ2) is 5.43. The van der Waals surface area contributed by atoms with E-state index in [0.29, 0.717) is 12.8 Å². The van der Waals surface area contributed by atoms with Gasteiger partial charge in [0.1, 0.15) is 14.9 Å². The summed E-state index contributed by atoms with van der Waals surface area (Å²) < 4.78 is 4.98. The van der Waals surface area contributed by atoms with Gasteiger partial charge in [0.15, 0.2) is 0 Å². The van der Waals surface area contributed by atoms with Crippen molar-refractivity contribution < 1.29 is 4.52 Å². The number of hydrogen-bond donors (Lipinski definition) is 0. The van der Waals surface area contributed by atoms with Crippen LogP contribution in [0.4, 0.5) is 0 Å². The zero-order valence-electron chi connectivity index (χ0n) is 6.02. The largest absolute Gasteiger partial charge is 0.331 e. The molecule has 0 saturated carbocycles. The molecule has 56 valence electrons. The van der Waals surface area contributed by atoms with Gasteiger partial charge in [-0.05, 0) is 20.9 Å². The first-order valence-corrected chi connectivity index (χ1v) is 4.78. The fourth-order valence-corrected chi connectivity index (χ4v) is 0.674. The number of halogens is 1. The quantitative estimate of drug-likeness (QED) is 0.472. The minimum atomic E-state index is 0.0738. The van der Waals surface area contributed by atoms with Crippen LogP contribution < -0.4 is 0 Å². The van der Waals surface area contributed by atoms with Crippen LogP contribution in [0, 0.1) is 0 Å². The van der Waals surface area contributed by atoms with Crippen LogP contribution >= 0.6 is 19.4 Å². The van der Waals surface area contributed by atoms with Crippen LogP contribution in [0.1, 0.15) is 13.8 Å². The molecule has 0 amide bonds. The van der Waals surface area contributed by atoms with Crippen LogP contribution in [-0.4, -0.2) is 24.7 Å². The van der Waals surface area contributed by atoms with Crippen LogP contribution in [0.15, 0.2) is 0 Å². The van der Waals surface area contributed by atoms with Crippen molar-refractivity contribution in [1.82, 2.24) is 4.90 Å². The highest BCUT2D eigenvalue weighted by molar-refractivity contribution is 7.64. The van der Waals surface area contributed by atoms with Crippen LogP contribution in [-0.2, 0) is 4.52 Å². The lowest BCUT2D eigenvalue weighted by atomic mass is 10.4. The lowest BCUT2D eigenvalue weighted by Gasteiger charge is -2.19. The van der Waals surface area contributed by atoms with Crippen LogP contribution in [0.2, 0.25) is 0 Å². The van der Waals surface area contributed by atoms with Crippen LogP contribution in [0.3, 0.4) is 0 Å². The summed E-state index contributed by atoms with van der Waals surface area (Å²) in [4.78, 5) is 2.08. The smallest absolute Gasteiger partial charge is 0.112 e. The van der Waals surface area contributed by atoms with Crippen LogP contribution in [0.5, 0.6) is 0 Å². The molecule has 0 fully saturated rings. The summed E-state index contributed by atoms with van der Waals surface area (Å²) in [6, 6.07) is 0.526. The third-order valence-corrected chi connectivity index (χ3v) is 1.77. The molecule has 0 heterocycles. The molecular weight excluding hydrogens is 156 g/mol. The Labute approximate surface area is 63.2 Å². The van der Waals surface area contributed by atoms with Crippen molar-refractivity contribution in [3.05, 3.63) is 0 Å². The van der Waals surface area contributed by atoms with E-state index in [2.05, 4.69) is 18.7 Å². The molecule has 0 spiro atoms. The maximum Gasteiger partial charge on any atom is 0.112 e. The number of hydrogen-bond acceptors (Lipinski definition) is 2. The molecular formula is C5H13ClNOP. The summed E-state index contributed by atoms with van der Waals surface area (Å²) in [6.07, 6.45) is 0. The van der Waals surface area contributed by atoms with E-state index in [4.69, 9.17) is 15.8 Å². The van der Waals surface area contributed by atoms with E-state index in [1.165, 1.54) is 0 Å². The highest BCUT2D eigenvalue weighted by Crippen LogP contribution is 2.16. The molecule has 0 aromatic rings. The van der Waals surface area contributed by atoms with Crippen molar-refractivity contribution in [3.63, 3.8) is 0 Å². The Bertz CT molecular complexity index is 72.0. The van der Waals surface area contributed by atoms with Gasteiger partial charge in [0.2, 0.25) is 0 Å². The molecule has 2 nitrogen and oxygen atoms in total. The third-order valence-electron chi connectivity index (χ3n) is 1.20. The Balaban J connectivity index is 3.16. The van der Waals surface area contributed by atoms with Crippen molar-refractivity contribution in [2.24, 2.45) is 0 Å². The zero-order valence-corrected chi connectivity index (χ0v) is 7.77. The number of nitrogens with zero attached hydrogens (tertiary/aromatic N) is 1. The maximum atomic E-state index is 5.33. The Morgan fingerprint density at radius 3 is 2.56 bits per heavy atom. The van der Waals surface area contributed by atoms with E-state index in [1.54, 1.807) is 0 Å². The average Bonchev–Trinajstić information content (AvgIpc) is 1.82. The Morgan fingerprint density at radius 1 is 1.67 bits per heavy atom. The Hall–Kier alpha value is 0.640. The number of rotatable bonds is 4. The second-order valence-corrected chi connectivity index (χ2v) is 3.11. The third kappa shape index (κ3) is 5.10. The molecule has 1 unspecified atom stereocenters. The molecule has 0 aliphatic heterocycles. The van der Waals surface area contributed by atoms with E-state index in [9.17, 15) is 0 Å². The van der Waals surface area contributed by atoms with E-state index >= 15 is 0 Å². The fraction of sp³-hybridized carbons (Fsp3) is 1.00. The Kier molecular flexibility index (Phi) is 5.81. The second-order valence-electron chi connectivity index (χ2n) is 2.20. The van der Waals surface area contributed by atoms with Gasteiger partial charge in [-0.25, -0.2) is 0 Å². The van der Waals surface area contributed by atoms with E-state index in [-0.39, 0.29) is 8.16 Å². The van der Waals surface area contributed by atoms with Gasteiger partial charge in [-0.15, -0.1) is 0 Å². The van der Waals surface area contributed by atoms with Crippen LogP contribution in [0.25, 0.3) is 0 Å². The first kappa shape index (κ1) is 9.64. The summed E-state index contributed by atoms with van der Waals surface area (Å²) in [6.45, 7) is 4.85. The normalized spacial score (nSPS) is 12.7. The van der Waals surface area contributed by atoms with Gasteiger partial charge in [-0.3, -0.25) is 4.90 Å². The van der Waals surface area contributed by atoms with E-state index in [1.807, 2.05) is 7.05 Å². The minimum Gasteiger partial charge on any atom is -0.331 e. The predicted octanol–water partition coefficient (Wildman–Crippen LogP) is 2.05. The van der Waals surface area contributed by atoms with Crippen molar-refractivity contribution in [2.75, 3.05) is 13.8 Å². The summed E-state index contributed by atoms with van der Waals surface area (Å²) in [5.74, 6) is 0. The SMILES string of the molecule is CC(C)N(C)COPCl. The first-order chi connectivity index (χ1) is 4.18. The molecule has 0 aromatic heterocycles. The fourth-order valence-electron chi connectivity index (χ4n) is 0.275. The monoisotopic (exact) mass is 169 g/mol. The highest BCUT2D eigenvalue weighted by Gasteiger charge is 2.00. The predicted molar refractivity (Wildman–Crippen MR) is 43.0 cm³/mol. The lowest BCUT2D eigenvalue weighted by Crippen LogP contribution is -2.27. The maximum absolute atomic E-state index is 5.33. The van der Waals surface area contributed by atoms with Crippen molar-refractivity contribution >= 4 is 19.4 Å². The summed E-state index contributed by atoms with van der Waals surface area (Å²) in [5.41, 5.74) is 0. The molecule has 0 bridgehead atoms. The highest BCUT2D eigenvalue weighted by atomic mass is 35.7. The lowest BCUT2D eigenvalue weighted by molar-refractivity contribution is 0.142. The van der Waals surface area contributed by atoms with Gasteiger partial charge in [-0.1, -0.05) is 11.2 Å². The van der Waals surface area contributed by atoms with Crippen molar-refractivity contribution in [2.45, 2.75) is 19.9 Å². The molecule has 4 heteroatoms. The van der Waals surface area contributed by atoms with Gasteiger partial charge in [0.25, 0.3) is 0 Å². The summed E-state index contributed by atoms with van der Waals surface area (Å²) >= 11 is 5.33. The molecule has 0 radical (unpaired) electrons. The first-order valence-electron chi connectivity index (χ1n) is 2.86. The van der Waals surface area contributed by atoms with Crippen molar-refractivity contribution in [3.8, 4) is 0 Å². The topological polar surface area (TPSA) is 12.5 Å². The zero-order chi connectivity index (χ0) is 7.28. The molecule has 0 rings (SSSR count). The molecule has 0 N–H and O–H groups in total. The standard InChI is InChI=1S/C5H13ClNOP/c1-5(2)7(3)4-8-9-6/h5,9H,4H2,1-3H3.